The molecule has 0 aromatic rings. The van der Waals surface area contributed by atoms with E-state index in [2.05, 4.69) is 4.52 Å². The topological polar surface area (TPSA) is 72.5 Å². The van der Waals surface area contributed by atoms with Gasteiger partial charge >= 0.3 is 0 Å². The third-order valence-corrected chi connectivity index (χ3v) is 1.12. The second-order valence-electron chi connectivity index (χ2n) is 0.841. The summed E-state index contributed by atoms with van der Waals surface area (Å²) in [4.78, 5) is 0. The van der Waals surface area contributed by atoms with E-state index in [1.165, 1.54) is 0 Å². The van der Waals surface area contributed by atoms with E-state index in [4.69, 9.17) is 10.8 Å². The lowest BCUT2D eigenvalue weighted by atomic mass is 11.4. The van der Waals surface area contributed by atoms with Crippen molar-refractivity contribution in [1.82, 2.24) is 0 Å². The summed E-state index contributed by atoms with van der Waals surface area (Å²) in [5.74, 6) is 0. The molecule has 4 nitrogen and oxygen atoms in total. The molecule has 0 aliphatic carbocycles. The molecular weight excluding hydrogens is 117 g/mol. The van der Waals surface area contributed by atoms with Crippen LogP contribution in [0, 0.1) is 0 Å². The first kappa shape index (κ1) is 7.11. The van der Waals surface area contributed by atoms with Gasteiger partial charge in [0.25, 0.3) is 0 Å². The van der Waals surface area contributed by atoms with Gasteiger partial charge in [-0.1, -0.05) is 0 Å². The minimum atomic E-state index is -2.20. The minimum Gasteiger partial charge on any atom is -0.387 e. The summed E-state index contributed by atoms with van der Waals surface area (Å²) in [5, 5.41) is 8.02. The lowest BCUT2D eigenvalue weighted by molar-refractivity contribution is 0.295. The summed E-state index contributed by atoms with van der Waals surface area (Å²) in [7, 11) is -2.20. The van der Waals surface area contributed by atoms with Gasteiger partial charge < -0.3 is 15.4 Å². The SMILES string of the molecule is NCO[PH](=O)CO. The van der Waals surface area contributed by atoms with Gasteiger partial charge in [-0.05, 0) is 0 Å². The molecule has 1 unspecified atom stereocenters. The molecule has 0 bridgehead atoms. The van der Waals surface area contributed by atoms with Crippen molar-refractivity contribution < 1.29 is 14.2 Å². The molecule has 0 aromatic heterocycles. The molecule has 0 heterocycles. The highest BCUT2D eigenvalue weighted by molar-refractivity contribution is 7.38. The van der Waals surface area contributed by atoms with Crippen LogP contribution in [0.4, 0.5) is 0 Å². The molecule has 0 amide bonds. The molecule has 0 radical (unpaired) electrons. The maximum atomic E-state index is 10.0. The predicted octanol–water partition coefficient (Wildman–Crippen LogP) is -0.656. The first-order valence-electron chi connectivity index (χ1n) is 1.77. The summed E-state index contributed by atoms with van der Waals surface area (Å²) < 4.78 is 14.3. The van der Waals surface area contributed by atoms with E-state index in [1.54, 1.807) is 0 Å². The number of hydrogen-bond donors (Lipinski definition) is 2. The second kappa shape index (κ2) is 4.27. The molecule has 1 atom stereocenters. The van der Waals surface area contributed by atoms with Gasteiger partial charge in [-0.25, -0.2) is 0 Å². The van der Waals surface area contributed by atoms with Gasteiger partial charge in [0.15, 0.2) is 0 Å². The monoisotopic (exact) mass is 125 g/mol. The molecule has 0 rings (SSSR count). The zero-order chi connectivity index (χ0) is 5.70. The molecule has 0 spiro atoms. The van der Waals surface area contributed by atoms with Crippen LogP contribution in [0.2, 0.25) is 0 Å². The van der Waals surface area contributed by atoms with Crippen LogP contribution in [0.25, 0.3) is 0 Å². The zero-order valence-corrected chi connectivity index (χ0v) is 4.76. The van der Waals surface area contributed by atoms with Gasteiger partial charge in [0, 0.05) is 0 Å². The fraction of sp³-hybridized carbons (Fsp3) is 1.00. The van der Waals surface area contributed by atoms with Crippen LogP contribution in [0.15, 0.2) is 0 Å². The predicted molar refractivity (Wildman–Crippen MR) is 26.2 cm³/mol. The highest BCUT2D eigenvalue weighted by atomic mass is 31.1. The Balaban J connectivity index is 3.00. The first-order chi connectivity index (χ1) is 3.31. The van der Waals surface area contributed by atoms with Crippen molar-refractivity contribution in [2.45, 2.75) is 0 Å². The molecule has 5 heteroatoms. The van der Waals surface area contributed by atoms with Crippen LogP contribution >= 0.6 is 8.03 Å². The van der Waals surface area contributed by atoms with Crippen molar-refractivity contribution in [3.63, 3.8) is 0 Å². The first-order valence-corrected chi connectivity index (χ1v) is 3.30. The maximum Gasteiger partial charge on any atom is 0.217 e. The van der Waals surface area contributed by atoms with E-state index in [1.807, 2.05) is 0 Å². The highest BCUT2D eigenvalue weighted by Crippen LogP contribution is 2.17. The van der Waals surface area contributed by atoms with Crippen molar-refractivity contribution in [3.05, 3.63) is 0 Å². The summed E-state index contributed by atoms with van der Waals surface area (Å²) in [6.07, 6.45) is -0.415. The Morgan fingerprint density at radius 2 is 2.43 bits per heavy atom. The molecule has 0 fully saturated rings. The quantitative estimate of drug-likeness (QED) is 0.388. The summed E-state index contributed by atoms with van der Waals surface area (Å²) >= 11 is 0. The average Bonchev–Trinajstić information content (AvgIpc) is 1.68. The van der Waals surface area contributed by atoms with Crippen LogP contribution in [0.1, 0.15) is 0 Å². The zero-order valence-electron chi connectivity index (χ0n) is 3.76. The standard InChI is InChI=1S/C2H8NO3P/c3-1-6-7(5)2-4/h4,7H,1-3H2. The molecular formula is C2H8NO3P. The largest absolute Gasteiger partial charge is 0.387 e. The van der Waals surface area contributed by atoms with Crippen molar-refractivity contribution in [2.24, 2.45) is 5.73 Å². The Labute approximate surface area is 42.1 Å². The lowest BCUT2D eigenvalue weighted by Crippen LogP contribution is -1.98. The molecule has 0 aliphatic rings. The number of rotatable bonds is 3. The molecule has 7 heavy (non-hydrogen) atoms. The van der Waals surface area contributed by atoms with E-state index in [9.17, 15) is 4.57 Å². The number of aliphatic hydroxyl groups excluding tert-OH is 1. The maximum absolute atomic E-state index is 10.0. The second-order valence-corrected chi connectivity index (χ2v) is 2.19. The van der Waals surface area contributed by atoms with Gasteiger partial charge in [-0.3, -0.25) is 4.57 Å². The lowest BCUT2D eigenvalue weighted by Gasteiger charge is -1.92. The van der Waals surface area contributed by atoms with E-state index >= 15 is 0 Å². The van der Waals surface area contributed by atoms with Crippen LogP contribution in [-0.2, 0) is 9.09 Å². The Hall–Kier alpha value is 0.110. The van der Waals surface area contributed by atoms with E-state index in [-0.39, 0.29) is 6.73 Å². The fourth-order valence-electron chi connectivity index (χ4n) is 0.139. The van der Waals surface area contributed by atoms with Gasteiger partial charge in [0.05, 0.1) is 0 Å². The Bertz CT molecular complexity index is 66.0. The van der Waals surface area contributed by atoms with Gasteiger partial charge in [0.1, 0.15) is 13.1 Å². The van der Waals surface area contributed by atoms with Crippen LogP contribution in [0.5, 0.6) is 0 Å². The molecule has 0 aliphatic heterocycles. The summed E-state index contributed by atoms with van der Waals surface area (Å²) in [5.41, 5.74) is 4.80. The van der Waals surface area contributed by atoms with E-state index < -0.39 is 14.4 Å². The third kappa shape index (κ3) is 3.95. The number of nitrogens with two attached hydrogens (primary N) is 1. The molecule has 0 aromatic carbocycles. The van der Waals surface area contributed by atoms with Crippen LogP contribution in [0.3, 0.4) is 0 Å². The molecule has 0 saturated carbocycles. The fourth-order valence-corrected chi connectivity index (χ4v) is 0.416. The van der Waals surface area contributed by atoms with Crippen LogP contribution < -0.4 is 5.73 Å². The van der Waals surface area contributed by atoms with E-state index in [0.29, 0.717) is 0 Å². The summed E-state index contributed by atoms with van der Waals surface area (Å²) in [6, 6.07) is 0. The van der Waals surface area contributed by atoms with Gasteiger partial charge in [-0.2, -0.15) is 0 Å². The van der Waals surface area contributed by atoms with Gasteiger partial charge in [-0.15, -0.1) is 0 Å². The third-order valence-electron chi connectivity index (χ3n) is 0.373. The van der Waals surface area contributed by atoms with Crippen LogP contribution in [-0.4, -0.2) is 18.2 Å². The van der Waals surface area contributed by atoms with Crippen molar-refractivity contribution in [3.8, 4) is 0 Å². The molecule has 0 saturated heterocycles. The van der Waals surface area contributed by atoms with Gasteiger partial charge in [0.2, 0.25) is 8.03 Å². The van der Waals surface area contributed by atoms with E-state index in [0.717, 1.165) is 0 Å². The Morgan fingerprint density at radius 1 is 1.86 bits per heavy atom. The number of aliphatic hydroxyl groups is 1. The normalized spacial score (nSPS) is 14.0. The molecule has 3 N–H and O–H groups in total. The highest BCUT2D eigenvalue weighted by Gasteiger charge is 1.89. The van der Waals surface area contributed by atoms with Crippen molar-refractivity contribution in [1.29, 1.82) is 0 Å². The van der Waals surface area contributed by atoms with Crippen molar-refractivity contribution in [2.75, 3.05) is 13.1 Å². The Kier molecular flexibility index (Phi) is 4.34. The van der Waals surface area contributed by atoms with Crippen molar-refractivity contribution >= 4 is 8.03 Å². The average molecular weight is 125 g/mol. The number of hydrogen-bond acceptors (Lipinski definition) is 4. The smallest absolute Gasteiger partial charge is 0.217 e. The molecule has 44 valence electrons. The Morgan fingerprint density at radius 3 is 2.57 bits per heavy atom. The minimum absolute atomic E-state index is 0.0850. The summed E-state index contributed by atoms with van der Waals surface area (Å²) in [6.45, 7) is -0.0850.